The fourth-order valence-electron chi connectivity index (χ4n) is 3.32. The summed E-state index contributed by atoms with van der Waals surface area (Å²) in [4.78, 5) is 25.4. The van der Waals surface area contributed by atoms with E-state index in [0.29, 0.717) is 44.4 Å². The van der Waals surface area contributed by atoms with Crippen LogP contribution in [0.25, 0.3) is 0 Å². The van der Waals surface area contributed by atoms with E-state index in [0.717, 1.165) is 17.1 Å². The molecule has 2 aliphatic rings. The number of carbonyl (C=O) groups excluding carboxylic acids is 1. The van der Waals surface area contributed by atoms with Crippen molar-refractivity contribution in [2.75, 3.05) is 37.4 Å². The van der Waals surface area contributed by atoms with Gasteiger partial charge in [0.1, 0.15) is 17.7 Å². The second kappa shape index (κ2) is 7.81. The summed E-state index contributed by atoms with van der Waals surface area (Å²) in [5, 5.41) is 0.355. The van der Waals surface area contributed by atoms with Crippen LogP contribution in [0.5, 0.6) is 0 Å². The van der Waals surface area contributed by atoms with Gasteiger partial charge in [0, 0.05) is 48.8 Å². The zero-order valence-corrected chi connectivity index (χ0v) is 17.5. The van der Waals surface area contributed by atoms with Crippen LogP contribution in [-0.4, -0.2) is 69.7 Å². The van der Waals surface area contributed by atoms with E-state index in [1.807, 2.05) is 27.7 Å². The Labute approximate surface area is 163 Å². The zero-order chi connectivity index (χ0) is 19.8. The Morgan fingerprint density at radius 1 is 1.33 bits per heavy atom. The summed E-state index contributed by atoms with van der Waals surface area (Å²) in [6, 6.07) is -0.0284. The standard InChI is InChI=1S/C18H28N4O4S/c1-12-10-21(7-8-22(12)17(23)26-18(2,3)4)15-13-11-25-9-6-14(13)19-16(20-15)27(5)24/h12H,6-11H2,1-5H3/t12-,27?/m1/s1. The van der Waals surface area contributed by atoms with E-state index >= 15 is 0 Å². The van der Waals surface area contributed by atoms with Gasteiger partial charge in [-0.15, -0.1) is 0 Å². The zero-order valence-electron chi connectivity index (χ0n) is 16.7. The highest BCUT2D eigenvalue weighted by atomic mass is 32.2. The smallest absolute Gasteiger partial charge is 0.410 e. The summed E-state index contributed by atoms with van der Waals surface area (Å²) in [6.07, 6.45) is 1.99. The topological polar surface area (TPSA) is 90.9 Å². The van der Waals surface area contributed by atoms with Gasteiger partial charge in [-0.05, 0) is 27.7 Å². The fraction of sp³-hybridized carbons (Fsp3) is 0.722. The molecule has 8 nitrogen and oxygen atoms in total. The fourth-order valence-corrected chi connectivity index (χ4v) is 3.78. The van der Waals surface area contributed by atoms with Crippen molar-refractivity contribution >= 4 is 23.1 Å². The minimum atomic E-state index is -1.25. The molecule has 1 fully saturated rings. The molecule has 9 heteroatoms. The van der Waals surface area contributed by atoms with Gasteiger partial charge in [-0.3, -0.25) is 0 Å². The number of hydrogen-bond donors (Lipinski definition) is 0. The van der Waals surface area contributed by atoms with Crippen molar-refractivity contribution in [2.45, 2.75) is 57.5 Å². The quantitative estimate of drug-likeness (QED) is 0.555. The number of aromatic nitrogens is 2. The molecule has 1 saturated heterocycles. The van der Waals surface area contributed by atoms with E-state index in [4.69, 9.17) is 9.47 Å². The van der Waals surface area contributed by atoms with Crippen LogP contribution in [0.3, 0.4) is 0 Å². The summed E-state index contributed by atoms with van der Waals surface area (Å²) in [6.45, 7) is 10.5. The number of piperazine rings is 1. The predicted octanol–water partition coefficient (Wildman–Crippen LogP) is 1.73. The second-order valence-electron chi connectivity index (χ2n) is 7.98. The van der Waals surface area contributed by atoms with Gasteiger partial charge in [-0.2, -0.15) is 9.97 Å². The summed E-state index contributed by atoms with van der Waals surface area (Å²) in [7, 11) is 0. The summed E-state index contributed by atoms with van der Waals surface area (Å²) >= 11 is -1.25. The first-order valence-electron chi connectivity index (χ1n) is 9.21. The number of ether oxygens (including phenoxy) is 2. The highest BCUT2D eigenvalue weighted by Crippen LogP contribution is 2.28. The van der Waals surface area contributed by atoms with Crippen LogP contribution in [0.15, 0.2) is 5.16 Å². The first-order chi connectivity index (χ1) is 12.7. The first kappa shape index (κ1) is 20.2. The Bertz CT molecular complexity index is 707. The van der Waals surface area contributed by atoms with Crippen LogP contribution in [-0.2, 0) is 33.7 Å². The highest BCUT2D eigenvalue weighted by molar-refractivity contribution is 7.90. The molecule has 27 heavy (non-hydrogen) atoms. The molecule has 3 rings (SSSR count). The number of anilines is 1. The van der Waals surface area contributed by atoms with E-state index in [2.05, 4.69) is 14.9 Å². The van der Waals surface area contributed by atoms with Crippen LogP contribution in [0.4, 0.5) is 10.6 Å². The lowest BCUT2D eigenvalue weighted by Gasteiger charge is -2.41. The van der Waals surface area contributed by atoms with Crippen molar-refractivity contribution in [3.8, 4) is 0 Å². The Morgan fingerprint density at radius 3 is 2.70 bits per heavy atom. The molecular formula is C18H28N4O4S. The molecule has 1 aromatic heterocycles. The molecule has 2 atom stereocenters. The van der Waals surface area contributed by atoms with Crippen molar-refractivity contribution in [3.05, 3.63) is 11.3 Å². The third kappa shape index (κ3) is 4.64. The first-order valence-corrected chi connectivity index (χ1v) is 10.8. The maximum atomic E-state index is 12.4. The number of nitrogens with zero attached hydrogens (tertiary/aromatic N) is 4. The molecule has 0 aliphatic carbocycles. The number of hydrogen-bond acceptors (Lipinski definition) is 7. The second-order valence-corrected chi connectivity index (χ2v) is 9.25. The van der Waals surface area contributed by atoms with Crippen molar-refractivity contribution in [1.82, 2.24) is 14.9 Å². The van der Waals surface area contributed by atoms with Gasteiger partial charge in [0.2, 0.25) is 0 Å². The van der Waals surface area contributed by atoms with Crippen molar-refractivity contribution in [3.63, 3.8) is 0 Å². The van der Waals surface area contributed by atoms with E-state index in [1.54, 1.807) is 11.2 Å². The van der Waals surface area contributed by atoms with Gasteiger partial charge in [0.15, 0.2) is 0 Å². The molecule has 1 unspecified atom stereocenters. The van der Waals surface area contributed by atoms with Crippen LogP contribution >= 0.6 is 0 Å². The molecule has 0 spiro atoms. The van der Waals surface area contributed by atoms with Crippen LogP contribution in [0, 0.1) is 0 Å². The molecule has 0 N–H and O–H groups in total. The lowest BCUT2D eigenvalue weighted by molar-refractivity contribution is 0.0158. The monoisotopic (exact) mass is 396 g/mol. The Morgan fingerprint density at radius 2 is 2.07 bits per heavy atom. The van der Waals surface area contributed by atoms with E-state index in [9.17, 15) is 9.35 Å². The highest BCUT2D eigenvalue weighted by Gasteiger charge is 2.33. The van der Waals surface area contributed by atoms with Gasteiger partial charge < -0.3 is 23.8 Å². The predicted molar refractivity (Wildman–Crippen MR) is 102 cm³/mol. The summed E-state index contributed by atoms with van der Waals surface area (Å²) < 4.78 is 23.1. The summed E-state index contributed by atoms with van der Waals surface area (Å²) in [5.74, 6) is 0.778. The summed E-state index contributed by atoms with van der Waals surface area (Å²) in [5.41, 5.74) is 1.36. The average Bonchev–Trinajstić information content (AvgIpc) is 2.59. The third-order valence-corrected chi connectivity index (χ3v) is 5.29. The average molecular weight is 397 g/mol. The lowest BCUT2D eigenvalue weighted by Crippen LogP contribution is -2.55. The lowest BCUT2D eigenvalue weighted by atomic mass is 10.1. The Balaban J connectivity index is 1.81. The number of carbonyl (C=O) groups is 1. The van der Waals surface area contributed by atoms with Gasteiger partial charge in [-0.25, -0.2) is 4.79 Å². The van der Waals surface area contributed by atoms with Crippen molar-refractivity contribution < 1.29 is 18.8 Å². The molecule has 3 heterocycles. The molecular weight excluding hydrogens is 368 g/mol. The minimum Gasteiger partial charge on any atom is -0.609 e. The van der Waals surface area contributed by atoms with Crippen molar-refractivity contribution in [2.24, 2.45) is 0 Å². The van der Waals surface area contributed by atoms with E-state index in [-0.39, 0.29) is 12.1 Å². The van der Waals surface area contributed by atoms with Gasteiger partial charge in [0.25, 0.3) is 0 Å². The van der Waals surface area contributed by atoms with E-state index in [1.165, 1.54) is 0 Å². The number of fused-ring (bicyclic) bond motifs is 1. The molecule has 0 saturated carbocycles. The van der Waals surface area contributed by atoms with Crippen LogP contribution in [0.2, 0.25) is 0 Å². The molecule has 1 amide bonds. The number of amides is 1. The molecule has 0 bridgehead atoms. The minimum absolute atomic E-state index is 0.0284. The normalized spacial score (nSPS) is 21.6. The number of rotatable bonds is 2. The molecule has 0 aromatic carbocycles. The van der Waals surface area contributed by atoms with Gasteiger partial charge in [-0.1, -0.05) is 0 Å². The van der Waals surface area contributed by atoms with Gasteiger partial charge >= 0.3 is 11.2 Å². The Kier molecular flexibility index (Phi) is 5.83. The SMILES string of the molecule is C[C@@H]1CN(c2nc([S+](C)[O-])nc3c2COCC3)CCN1C(=O)OC(C)(C)C. The molecule has 2 aliphatic heterocycles. The maximum Gasteiger partial charge on any atom is 0.410 e. The van der Waals surface area contributed by atoms with Crippen molar-refractivity contribution in [1.29, 1.82) is 0 Å². The maximum absolute atomic E-state index is 12.4. The van der Waals surface area contributed by atoms with Gasteiger partial charge in [0.05, 0.1) is 18.9 Å². The van der Waals surface area contributed by atoms with Crippen LogP contribution in [0.1, 0.15) is 39.0 Å². The third-order valence-electron chi connectivity index (χ3n) is 4.59. The Hall–Kier alpha value is -1.58. The molecule has 150 valence electrons. The molecule has 0 radical (unpaired) electrons. The largest absolute Gasteiger partial charge is 0.609 e. The molecule has 1 aromatic rings. The van der Waals surface area contributed by atoms with E-state index < -0.39 is 16.8 Å². The van der Waals surface area contributed by atoms with Crippen LogP contribution < -0.4 is 4.90 Å².